The Morgan fingerprint density at radius 3 is 2.24 bits per heavy atom. The fourth-order valence-electron chi connectivity index (χ4n) is 3.70. The fraction of sp³-hybridized carbons (Fsp3) is 0.600. The molecule has 1 aromatic rings. The summed E-state index contributed by atoms with van der Waals surface area (Å²) in [5.74, 6) is 0. The topological polar surface area (TPSA) is 29.3 Å². The minimum absolute atomic E-state index is 0.431. The van der Waals surface area contributed by atoms with Crippen molar-refractivity contribution in [3.63, 3.8) is 0 Å². The second kappa shape index (κ2) is 3.05. The summed E-state index contributed by atoms with van der Waals surface area (Å²) in [5, 5.41) is 0. The normalized spacial score (nSPS) is 25.9. The van der Waals surface area contributed by atoms with Gasteiger partial charge in [0.2, 0.25) is 0 Å². The van der Waals surface area contributed by atoms with E-state index in [2.05, 4.69) is 44.7 Å². The molecule has 0 saturated heterocycles. The van der Waals surface area contributed by atoms with Gasteiger partial charge in [0.1, 0.15) is 0 Å². The number of rotatable bonds is 1. The van der Waals surface area contributed by atoms with Gasteiger partial charge in [-0.25, -0.2) is 0 Å². The van der Waals surface area contributed by atoms with Gasteiger partial charge < -0.3 is 5.73 Å². The Morgan fingerprint density at radius 2 is 1.65 bits per heavy atom. The van der Waals surface area contributed by atoms with Gasteiger partial charge in [-0.1, -0.05) is 33.8 Å². The predicted octanol–water partition coefficient (Wildman–Crippen LogP) is 3.02. The lowest BCUT2D eigenvalue weighted by Gasteiger charge is -2.17. The van der Waals surface area contributed by atoms with Crippen LogP contribution >= 0.6 is 0 Å². The first-order valence-corrected chi connectivity index (χ1v) is 6.45. The molecule has 17 heavy (non-hydrogen) atoms. The summed E-state index contributed by atoms with van der Waals surface area (Å²) >= 11 is 0. The molecule has 2 N–H and O–H groups in total. The molecule has 0 atom stereocenters. The molecular formula is C15H22N2. The molecule has 1 heterocycles. The Kier molecular flexibility index (Phi) is 1.99. The van der Waals surface area contributed by atoms with Crippen LogP contribution in [0.25, 0.3) is 0 Å². The Hall–Kier alpha value is -1.02. The highest BCUT2D eigenvalue weighted by Crippen LogP contribution is 2.66. The van der Waals surface area contributed by atoms with Gasteiger partial charge in [0, 0.05) is 24.8 Å². The Labute approximate surface area is 104 Å². The van der Waals surface area contributed by atoms with Crippen LogP contribution in [-0.4, -0.2) is 10.9 Å². The van der Waals surface area contributed by atoms with Crippen molar-refractivity contribution < 1.29 is 0 Å². The molecular weight excluding hydrogens is 208 g/mol. The van der Waals surface area contributed by atoms with E-state index in [-0.39, 0.29) is 0 Å². The maximum absolute atomic E-state index is 5.86. The van der Waals surface area contributed by atoms with Crippen LogP contribution in [0.2, 0.25) is 0 Å². The van der Waals surface area contributed by atoms with Gasteiger partial charge in [0.25, 0.3) is 0 Å². The maximum Gasteiger partial charge on any atom is 0.0317 e. The van der Waals surface area contributed by atoms with Crippen molar-refractivity contribution in [2.45, 2.75) is 46.8 Å². The summed E-state index contributed by atoms with van der Waals surface area (Å²) in [6.45, 7) is 11.7. The summed E-state index contributed by atoms with van der Waals surface area (Å²) in [4.78, 5) is 2.62. The lowest BCUT2D eigenvalue weighted by Crippen LogP contribution is -2.24. The maximum atomic E-state index is 5.86. The largest absolute Gasteiger partial charge is 0.399 e. The SMILES string of the molecule is CC1(C)C(N2Cc3ccc(N)cc3C2)C1(C)C. The number of fused-ring (bicyclic) bond motifs is 1. The molecule has 3 rings (SSSR count). The highest BCUT2D eigenvalue weighted by molar-refractivity contribution is 5.46. The van der Waals surface area contributed by atoms with Crippen LogP contribution in [0.5, 0.6) is 0 Å². The van der Waals surface area contributed by atoms with E-state index < -0.39 is 0 Å². The number of nitrogens with two attached hydrogens (primary N) is 1. The molecule has 0 unspecified atom stereocenters. The van der Waals surface area contributed by atoms with E-state index in [0.717, 1.165) is 18.8 Å². The number of hydrogen-bond donors (Lipinski definition) is 1. The van der Waals surface area contributed by atoms with Gasteiger partial charge in [0.05, 0.1) is 0 Å². The summed E-state index contributed by atoms with van der Waals surface area (Å²) < 4.78 is 0. The second-order valence-electron chi connectivity index (χ2n) is 6.78. The van der Waals surface area contributed by atoms with Crippen molar-refractivity contribution in [3.05, 3.63) is 29.3 Å². The summed E-state index contributed by atoms with van der Waals surface area (Å²) in [7, 11) is 0. The molecule has 0 amide bonds. The Bertz CT molecular complexity index is 460. The third-order valence-electron chi connectivity index (χ3n) is 5.29. The zero-order valence-corrected chi connectivity index (χ0v) is 11.2. The van der Waals surface area contributed by atoms with Gasteiger partial charge in [-0.05, 0) is 34.1 Å². The first kappa shape index (κ1) is 11.1. The number of anilines is 1. The first-order valence-electron chi connectivity index (χ1n) is 6.45. The highest BCUT2D eigenvalue weighted by Gasteiger charge is 2.67. The minimum Gasteiger partial charge on any atom is -0.399 e. The van der Waals surface area contributed by atoms with E-state index in [0.29, 0.717) is 16.9 Å². The summed E-state index contributed by atoms with van der Waals surface area (Å²) in [5.41, 5.74) is 10.5. The zero-order valence-electron chi connectivity index (χ0n) is 11.2. The van der Waals surface area contributed by atoms with Crippen molar-refractivity contribution in [3.8, 4) is 0 Å². The molecule has 1 aromatic carbocycles. The van der Waals surface area contributed by atoms with Gasteiger partial charge in [-0.15, -0.1) is 0 Å². The van der Waals surface area contributed by atoms with Crippen molar-refractivity contribution in [1.82, 2.24) is 4.90 Å². The van der Waals surface area contributed by atoms with Gasteiger partial charge >= 0.3 is 0 Å². The number of hydrogen-bond acceptors (Lipinski definition) is 2. The van der Waals surface area contributed by atoms with Crippen molar-refractivity contribution in [2.24, 2.45) is 10.8 Å². The van der Waals surface area contributed by atoms with Crippen LogP contribution in [0.4, 0.5) is 5.69 Å². The number of nitrogen functional groups attached to an aromatic ring is 1. The molecule has 1 fully saturated rings. The van der Waals surface area contributed by atoms with Crippen LogP contribution in [0.15, 0.2) is 18.2 Å². The molecule has 1 aliphatic carbocycles. The molecule has 1 saturated carbocycles. The summed E-state index contributed by atoms with van der Waals surface area (Å²) in [6, 6.07) is 7.04. The van der Waals surface area contributed by atoms with Gasteiger partial charge in [-0.3, -0.25) is 4.90 Å². The van der Waals surface area contributed by atoms with Crippen LogP contribution in [0, 0.1) is 10.8 Å². The Morgan fingerprint density at radius 1 is 1.06 bits per heavy atom. The highest BCUT2D eigenvalue weighted by atomic mass is 15.2. The third-order valence-corrected chi connectivity index (χ3v) is 5.29. The van der Waals surface area contributed by atoms with E-state index in [4.69, 9.17) is 5.73 Å². The van der Waals surface area contributed by atoms with Crippen molar-refractivity contribution in [2.75, 3.05) is 5.73 Å². The van der Waals surface area contributed by atoms with Crippen LogP contribution in [0.3, 0.4) is 0 Å². The van der Waals surface area contributed by atoms with Crippen LogP contribution in [-0.2, 0) is 13.1 Å². The third kappa shape index (κ3) is 1.37. The van der Waals surface area contributed by atoms with E-state index in [9.17, 15) is 0 Å². The average molecular weight is 230 g/mol. The lowest BCUT2D eigenvalue weighted by atomic mass is 10.0. The molecule has 0 aromatic heterocycles. The molecule has 0 radical (unpaired) electrons. The standard InChI is InChI=1S/C15H22N2/c1-14(2)13(15(14,3)4)17-8-10-5-6-12(16)7-11(10)9-17/h5-7,13H,8-9,16H2,1-4H3. The predicted molar refractivity (Wildman–Crippen MR) is 71.5 cm³/mol. The zero-order chi connectivity index (χ0) is 12.4. The number of nitrogens with zero attached hydrogens (tertiary/aromatic N) is 1. The minimum atomic E-state index is 0.431. The molecule has 92 valence electrons. The molecule has 0 spiro atoms. The molecule has 2 nitrogen and oxygen atoms in total. The van der Waals surface area contributed by atoms with Crippen LogP contribution < -0.4 is 5.73 Å². The Balaban J connectivity index is 1.84. The monoisotopic (exact) mass is 230 g/mol. The second-order valence-corrected chi connectivity index (χ2v) is 6.78. The summed E-state index contributed by atoms with van der Waals surface area (Å²) in [6.07, 6.45) is 0. The first-order chi connectivity index (χ1) is 7.84. The smallest absolute Gasteiger partial charge is 0.0317 e. The van der Waals surface area contributed by atoms with E-state index >= 15 is 0 Å². The molecule has 2 heteroatoms. The van der Waals surface area contributed by atoms with Gasteiger partial charge in [-0.2, -0.15) is 0 Å². The number of benzene rings is 1. The van der Waals surface area contributed by atoms with E-state index in [1.54, 1.807) is 0 Å². The average Bonchev–Trinajstić information content (AvgIpc) is 2.56. The van der Waals surface area contributed by atoms with E-state index in [1.165, 1.54) is 11.1 Å². The lowest BCUT2D eigenvalue weighted by molar-refractivity contribution is 0.231. The molecule has 0 bridgehead atoms. The van der Waals surface area contributed by atoms with Gasteiger partial charge in [0.15, 0.2) is 0 Å². The molecule has 1 aliphatic heterocycles. The van der Waals surface area contributed by atoms with Crippen molar-refractivity contribution >= 4 is 5.69 Å². The van der Waals surface area contributed by atoms with E-state index in [1.807, 2.05) is 6.07 Å². The van der Waals surface area contributed by atoms with Crippen molar-refractivity contribution in [1.29, 1.82) is 0 Å². The van der Waals surface area contributed by atoms with Crippen LogP contribution in [0.1, 0.15) is 38.8 Å². The fourth-order valence-corrected chi connectivity index (χ4v) is 3.70. The molecule has 2 aliphatic rings. The quantitative estimate of drug-likeness (QED) is 0.751.